The van der Waals surface area contributed by atoms with E-state index in [1.54, 1.807) is 13.1 Å². The highest BCUT2D eigenvalue weighted by atomic mass is 16.3. The molecule has 3 nitrogen and oxygen atoms in total. The van der Waals surface area contributed by atoms with Gasteiger partial charge in [0, 0.05) is 18.8 Å². The van der Waals surface area contributed by atoms with Crippen LogP contribution in [0.25, 0.3) is 0 Å². The van der Waals surface area contributed by atoms with Gasteiger partial charge in [0.2, 0.25) is 5.43 Å². The maximum atomic E-state index is 11.2. The summed E-state index contributed by atoms with van der Waals surface area (Å²) in [6.45, 7) is 4.44. The summed E-state index contributed by atoms with van der Waals surface area (Å²) in [7, 11) is 0. The number of aryl methyl sites for hydroxylation is 1. The fourth-order valence-electron chi connectivity index (χ4n) is 1.72. The van der Waals surface area contributed by atoms with Gasteiger partial charge in [0.15, 0.2) is 5.75 Å². The highest BCUT2D eigenvalue weighted by Gasteiger charge is 2.05. The molecule has 0 amide bonds. The second-order valence-corrected chi connectivity index (χ2v) is 4.23. The third-order valence-corrected chi connectivity index (χ3v) is 2.89. The Labute approximate surface area is 100.0 Å². The van der Waals surface area contributed by atoms with Gasteiger partial charge >= 0.3 is 0 Å². The molecule has 2 rings (SSSR count). The first-order valence-corrected chi connectivity index (χ1v) is 5.52. The molecule has 0 unspecified atom stereocenters. The minimum Gasteiger partial charge on any atom is -0.503 e. The van der Waals surface area contributed by atoms with E-state index < -0.39 is 0 Å². The summed E-state index contributed by atoms with van der Waals surface area (Å²) in [4.78, 5) is 11.2. The second-order valence-electron chi connectivity index (χ2n) is 4.23. The van der Waals surface area contributed by atoms with Crippen LogP contribution in [-0.2, 0) is 6.54 Å². The summed E-state index contributed by atoms with van der Waals surface area (Å²) in [5, 5.41) is 9.58. The fraction of sp³-hybridized carbons (Fsp3) is 0.214. The van der Waals surface area contributed by atoms with Crippen molar-refractivity contribution in [3.63, 3.8) is 0 Å². The predicted molar refractivity (Wildman–Crippen MR) is 67.4 cm³/mol. The Balaban J connectivity index is 2.34. The molecule has 0 saturated heterocycles. The van der Waals surface area contributed by atoms with E-state index in [0.29, 0.717) is 12.2 Å². The zero-order chi connectivity index (χ0) is 12.4. The topological polar surface area (TPSA) is 42.2 Å². The number of aromatic nitrogens is 1. The minimum atomic E-state index is -0.331. The third kappa shape index (κ3) is 2.38. The van der Waals surface area contributed by atoms with Crippen LogP contribution in [-0.4, -0.2) is 9.67 Å². The normalized spacial score (nSPS) is 10.5. The molecule has 0 spiro atoms. The Morgan fingerprint density at radius 2 is 1.76 bits per heavy atom. The van der Waals surface area contributed by atoms with E-state index in [4.69, 9.17) is 0 Å². The number of aromatic hydroxyl groups is 1. The van der Waals surface area contributed by atoms with E-state index >= 15 is 0 Å². The first kappa shape index (κ1) is 11.5. The monoisotopic (exact) mass is 229 g/mol. The van der Waals surface area contributed by atoms with E-state index in [1.807, 2.05) is 35.8 Å². The van der Waals surface area contributed by atoms with Gasteiger partial charge < -0.3 is 9.67 Å². The number of nitrogens with zero attached hydrogens (tertiary/aromatic N) is 1. The van der Waals surface area contributed by atoms with Gasteiger partial charge in [0.05, 0.1) is 5.69 Å². The first-order valence-electron chi connectivity index (χ1n) is 5.52. The number of hydrogen-bond donors (Lipinski definition) is 1. The van der Waals surface area contributed by atoms with Gasteiger partial charge in [0.25, 0.3) is 0 Å². The van der Waals surface area contributed by atoms with Crippen LogP contribution in [0.5, 0.6) is 5.75 Å². The van der Waals surface area contributed by atoms with Crippen molar-refractivity contribution in [3.8, 4) is 5.75 Å². The number of hydrogen-bond acceptors (Lipinski definition) is 2. The van der Waals surface area contributed by atoms with Crippen molar-refractivity contribution >= 4 is 0 Å². The molecule has 1 aromatic heterocycles. The van der Waals surface area contributed by atoms with Crippen molar-refractivity contribution < 1.29 is 5.11 Å². The van der Waals surface area contributed by atoms with E-state index in [1.165, 1.54) is 11.6 Å². The molecule has 0 aliphatic heterocycles. The maximum Gasteiger partial charge on any atom is 0.223 e. The summed E-state index contributed by atoms with van der Waals surface area (Å²) in [5.41, 5.74) is 2.62. The van der Waals surface area contributed by atoms with Crippen LogP contribution >= 0.6 is 0 Å². The van der Waals surface area contributed by atoms with Crippen LogP contribution in [0.1, 0.15) is 16.8 Å². The lowest BCUT2D eigenvalue weighted by molar-refractivity contribution is 0.455. The van der Waals surface area contributed by atoms with Crippen molar-refractivity contribution in [1.29, 1.82) is 0 Å². The molecule has 2 aromatic rings. The summed E-state index contributed by atoms with van der Waals surface area (Å²) >= 11 is 0. The average Bonchev–Trinajstić information content (AvgIpc) is 2.33. The Morgan fingerprint density at radius 1 is 1.12 bits per heavy atom. The quantitative estimate of drug-likeness (QED) is 0.858. The second kappa shape index (κ2) is 4.45. The third-order valence-electron chi connectivity index (χ3n) is 2.89. The van der Waals surface area contributed by atoms with Gasteiger partial charge in [-0.25, -0.2) is 0 Å². The molecule has 0 saturated carbocycles. The predicted octanol–water partition coefficient (Wildman–Crippen LogP) is 2.22. The zero-order valence-corrected chi connectivity index (χ0v) is 9.97. The number of benzene rings is 1. The lowest BCUT2D eigenvalue weighted by Crippen LogP contribution is -2.10. The summed E-state index contributed by atoms with van der Waals surface area (Å²) in [6, 6.07) is 9.57. The largest absolute Gasteiger partial charge is 0.503 e. The van der Waals surface area contributed by atoms with Gasteiger partial charge in [0.1, 0.15) is 0 Å². The molecular weight excluding hydrogens is 214 g/mol. The van der Waals surface area contributed by atoms with E-state index in [-0.39, 0.29) is 11.2 Å². The van der Waals surface area contributed by atoms with Crippen molar-refractivity contribution in [1.82, 2.24) is 4.57 Å². The zero-order valence-electron chi connectivity index (χ0n) is 9.97. The van der Waals surface area contributed by atoms with Crippen molar-refractivity contribution in [2.24, 2.45) is 0 Å². The Bertz CT molecular complexity index is 582. The van der Waals surface area contributed by atoms with E-state index in [9.17, 15) is 9.90 Å². The SMILES string of the molecule is Cc1ccc(Cn2ccc(=O)c(O)c2C)cc1. The maximum absolute atomic E-state index is 11.2. The summed E-state index contributed by atoms with van der Waals surface area (Å²) in [6.07, 6.45) is 1.71. The smallest absolute Gasteiger partial charge is 0.223 e. The molecule has 0 atom stereocenters. The van der Waals surface area contributed by atoms with Crippen LogP contribution in [0.3, 0.4) is 0 Å². The lowest BCUT2D eigenvalue weighted by Gasteiger charge is -2.11. The van der Waals surface area contributed by atoms with E-state index in [0.717, 1.165) is 5.56 Å². The summed E-state index contributed by atoms with van der Waals surface area (Å²) in [5.74, 6) is -0.167. The Hall–Kier alpha value is -2.03. The molecule has 1 N–H and O–H groups in total. The number of rotatable bonds is 2. The molecule has 0 fully saturated rings. The standard InChI is InChI=1S/C14H15NO2/c1-10-3-5-12(6-4-10)9-15-8-7-13(16)14(17)11(15)2/h3-8,17H,9H2,1-2H3. The van der Waals surface area contributed by atoms with Crippen LogP contribution in [0.15, 0.2) is 41.3 Å². The summed E-state index contributed by atoms with van der Waals surface area (Å²) < 4.78 is 1.86. The molecule has 17 heavy (non-hydrogen) atoms. The molecule has 0 radical (unpaired) electrons. The molecule has 1 aromatic carbocycles. The van der Waals surface area contributed by atoms with Crippen LogP contribution in [0.2, 0.25) is 0 Å². The molecule has 0 bridgehead atoms. The number of pyridine rings is 1. The van der Waals surface area contributed by atoms with Gasteiger partial charge in [-0.2, -0.15) is 0 Å². The highest BCUT2D eigenvalue weighted by molar-refractivity contribution is 5.27. The van der Waals surface area contributed by atoms with Gasteiger partial charge in [-0.15, -0.1) is 0 Å². The minimum absolute atomic E-state index is 0.167. The molecule has 0 aliphatic carbocycles. The van der Waals surface area contributed by atoms with Crippen molar-refractivity contribution in [3.05, 3.63) is 63.6 Å². The van der Waals surface area contributed by atoms with Crippen LogP contribution in [0, 0.1) is 13.8 Å². The van der Waals surface area contributed by atoms with Crippen molar-refractivity contribution in [2.45, 2.75) is 20.4 Å². The van der Waals surface area contributed by atoms with Crippen LogP contribution < -0.4 is 5.43 Å². The van der Waals surface area contributed by atoms with Crippen LogP contribution in [0.4, 0.5) is 0 Å². The first-order chi connectivity index (χ1) is 8.08. The lowest BCUT2D eigenvalue weighted by atomic mass is 10.1. The molecule has 1 heterocycles. The highest BCUT2D eigenvalue weighted by Crippen LogP contribution is 2.12. The van der Waals surface area contributed by atoms with Gasteiger partial charge in [-0.3, -0.25) is 4.79 Å². The Kier molecular flexibility index (Phi) is 3.00. The van der Waals surface area contributed by atoms with Crippen molar-refractivity contribution in [2.75, 3.05) is 0 Å². The van der Waals surface area contributed by atoms with Gasteiger partial charge in [-0.05, 0) is 19.4 Å². The van der Waals surface area contributed by atoms with E-state index in [2.05, 4.69) is 0 Å². The molecular formula is C14H15NO2. The van der Waals surface area contributed by atoms with Gasteiger partial charge in [-0.1, -0.05) is 29.8 Å². The molecule has 3 heteroatoms. The Morgan fingerprint density at radius 3 is 2.41 bits per heavy atom. The average molecular weight is 229 g/mol. The fourth-order valence-corrected chi connectivity index (χ4v) is 1.72. The molecule has 0 aliphatic rings. The molecule has 88 valence electrons.